The van der Waals surface area contributed by atoms with Gasteiger partial charge in [0.2, 0.25) is 0 Å². The lowest BCUT2D eigenvalue weighted by molar-refractivity contribution is 0.819. The summed E-state index contributed by atoms with van der Waals surface area (Å²) in [4.78, 5) is 8.02. The number of nitrogens with zero attached hydrogens (tertiary/aromatic N) is 2. The first-order chi connectivity index (χ1) is 7.27. The third-order valence-electron chi connectivity index (χ3n) is 2.32. The zero-order valence-corrected chi connectivity index (χ0v) is 8.59. The molecule has 0 aliphatic rings. The van der Waals surface area contributed by atoms with Gasteiger partial charge in [-0.1, -0.05) is 29.8 Å². The van der Waals surface area contributed by atoms with Crippen molar-refractivity contribution in [2.24, 2.45) is 5.73 Å². The van der Waals surface area contributed by atoms with Gasteiger partial charge in [-0.2, -0.15) is 0 Å². The standard InChI is InChI=1S/C12H13N3/c1-9-3-2-4-10(7-9)12(13)11-5-6-14-8-15-11/h2-8,12H,13H2,1H3. The smallest absolute Gasteiger partial charge is 0.115 e. The number of hydrogen-bond acceptors (Lipinski definition) is 3. The van der Waals surface area contributed by atoms with E-state index in [2.05, 4.69) is 29.0 Å². The number of benzene rings is 1. The maximum atomic E-state index is 6.09. The minimum atomic E-state index is -0.173. The summed E-state index contributed by atoms with van der Waals surface area (Å²) in [5.74, 6) is 0. The molecule has 0 aliphatic heterocycles. The Hall–Kier alpha value is -1.74. The topological polar surface area (TPSA) is 51.8 Å². The Morgan fingerprint density at radius 3 is 2.80 bits per heavy atom. The molecule has 15 heavy (non-hydrogen) atoms. The maximum absolute atomic E-state index is 6.09. The van der Waals surface area contributed by atoms with Gasteiger partial charge in [0.15, 0.2) is 0 Å². The fourth-order valence-corrected chi connectivity index (χ4v) is 1.52. The van der Waals surface area contributed by atoms with Gasteiger partial charge in [-0.25, -0.2) is 9.97 Å². The lowest BCUT2D eigenvalue weighted by Gasteiger charge is -2.11. The molecule has 0 spiro atoms. The second-order valence-electron chi connectivity index (χ2n) is 3.53. The van der Waals surface area contributed by atoms with Crippen molar-refractivity contribution >= 4 is 0 Å². The van der Waals surface area contributed by atoms with E-state index in [0.717, 1.165) is 11.3 Å². The molecule has 0 saturated heterocycles. The Labute approximate surface area is 89.0 Å². The molecule has 1 unspecified atom stereocenters. The van der Waals surface area contributed by atoms with Crippen LogP contribution in [0.2, 0.25) is 0 Å². The van der Waals surface area contributed by atoms with Crippen LogP contribution < -0.4 is 5.73 Å². The van der Waals surface area contributed by atoms with Crippen molar-refractivity contribution in [3.63, 3.8) is 0 Å². The number of aromatic nitrogens is 2. The minimum absolute atomic E-state index is 0.173. The molecule has 1 atom stereocenters. The van der Waals surface area contributed by atoms with Crippen LogP contribution in [0.15, 0.2) is 42.9 Å². The summed E-state index contributed by atoms with van der Waals surface area (Å²) in [7, 11) is 0. The van der Waals surface area contributed by atoms with Crippen molar-refractivity contribution in [1.82, 2.24) is 9.97 Å². The summed E-state index contributed by atoms with van der Waals surface area (Å²) in [5.41, 5.74) is 9.22. The molecule has 76 valence electrons. The van der Waals surface area contributed by atoms with Crippen molar-refractivity contribution in [3.8, 4) is 0 Å². The van der Waals surface area contributed by atoms with Crippen molar-refractivity contribution in [3.05, 3.63) is 59.7 Å². The number of nitrogens with two attached hydrogens (primary N) is 1. The molecule has 2 aromatic rings. The molecule has 0 amide bonds. The van der Waals surface area contributed by atoms with Crippen LogP contribution >= 0.6 is 0 Å². The van der Waals surface area contributed by atoms with Crippen LogP contribution in [0.5, 0.6) is 0 Å². The molecule has 1 heterocycles. The minimum Gasteiger partial charge on any atom is -0.319 e. The first kappa shape index (κ1) is 9.80. The van der Waals surface area contributed by atoms with Crippen LogP contribution in [0.25, 0.3) is 0 Å². The fraction of sp³-hybridized carbons (Fsp3) is 0.167. The highest BCUT2D eigenvalue weighted by Gasteiger charge is 2.09. The van der Waals surface area contributed by atoms with Crippen LogP contribution in [0.4, 0.5) is 0 Å². The van der Waals surface area contributed by atoms with Crippen molar-refractivity contribution < 1.29 is 0 Å². The van der Waals surface area contributed by atoms with E-state index >= 15 is 0 Å². The zero-order valence-electron chi connectivity index (χ0n) is 8.59. The monoisotopic (exact) mass is 199 g/mol. The Bertz CT molecular complexity index is 440. The SMILES string of the molecule is Cc1cccc(C(N)c2ccncn2)c1. The Morgan fingerprint density at radius 1 is 1.27 bits per heavy atom. The van der Waals surface area contributed by atoms with Crippen LogP contribution in [0.3, 0.4) is 0 Å². The van der Waals surface area contributed by atoms with Gasteiger partial charge >= 0.3 is 0 Å². The predicted molar refractivity (Wildman–Crippen MR) is 59.2 cm³/mol. The molecule has 3 nitrogen and oxygen atoms in total. The van der Waals surface area contributed by atoms with E-state index in [9.17, 15) is 0 Å². The largest absolute Gasteiger partial charge is 0.319 e. The molecule has 1 aromatic heterocycles. The first-order valence-electron chi connectivity index (χ1n) is 4.85. The van der Waals surface area contributed by atoms with Gasteiger partial charge in [0.25, 0.3) is 0 Å². The van der Waals surface area contributed by atoms with Crippen molar-refractivity contribution in [1.29, 1.82) is 0 Å². The Balaban J connectivity index is 2.32. The fourth-order valence-electron chi connectivity index (χ4n) is 1.52. The molecule has 1 aromatic carbocycles. The van der Waals surface area contributed by atoms with Crippen LogP contribution in [-0.4, -0.2) is 9.97 Å². The highest BCUT2D eigenvalue weighted by Crippen LogP contribution is 2.17. The quantitative estimate of drug-likeness (QED) is 0.802. The van der Waals surface area contributed by atoms with E-state index in [-0.39, 0.29) is 6.04 Å². The third-order valence-corrected chi connectivity index (χ3v) is 2.32. The van der Waals surface area contributed by atoms with Gasteiger partial charge in [0.05, 0.1) is 11.7 Å². The van der Waals surface area contributed by atoms with E-state index in [1.165, 1.54) is 11.9 Å². The summed E-state index contributed by atoms with van der Waals surface area (Å²) in [6.45, 7) is 2.05. The van der Waals surface area contributed by atoms with Crippen molar-refractivity contribution in [2.75, 3.05) is 0 Å². The third kappa shape index (κ3) is 2.19. The van der Waals surface area contributed by atoms with E-state index in [4.69, 9.17) is 5.73 Å². The summed E-state index contributed by atoms with van der Waals surface area (Å²) >= 11 is 0. The Morgan fingerprint density at radius 2 is 2.13 bits per heavy atom. The zero-order chi connectivity index (χ0) is 10.7. The molecule has 0 fully saturated rings. The lowest BCUT2D eigenvalue weighted by Crippen LogP contribution is -2.13. The molecule has 0 saturated carbocycles. The molecule has 2 N–H and O–H groups in total. The van der Waals surface area contributed by atoms with Crippen molar-refractivity contribution in [2.45, 2.75) is 13.0 Å². The predicted octanol–water partition coefficient (Wildman–Crippen LogP) is 1.83. The van der Waals surface area contributed by atoms with Gasteiger partial charge < -0.3 is 5.73 Å². The van der Waals surface area contributed by atoms with Crippen LogP contribution in [0, 0.1) is 6.92 Å². The highest BCUT2D eigenvalue weighted by molar-refractivity contribution is 5.29. The van der Waals surface area contributed by atoms with E-state index in [1.807, 2.05) is 18.2 Å². The Kier molecular flexibility index (Phi) is 2.74. The normalized spacial score (nSPS) is 12.4. The molecule has 0 aliphatic carbocycles. The summed E-state index contributed by atoms with van der Waals surface area (Å²) in [6.07, 6.45) is 3.23. The summed E-state index contributed by atoms with van der Waals surface area (Å²) < 4.78 is 0. The van der Waals surface area contributed by atoms with Gasteiger partial charge in [-0.3, -0.25) is 0 Å². The van der Waals surface area contributed by atoms with Gasteiger partial charge in [0, 0.05) is 6.20 Å². The molecule has 0 bridgehead atoms. The molecule has 0 radical (unpaired) electrons. The van der Waals surface area contributed by atoms with Gasteiger partial charge in [-0.15, -0.1) is 0 Å². The molecule has 3 heteroatoms. The highest BCUT2D eigenvalue weighted by atomic mass is 14.8. The molecular weight excluding hydrogens is 186 g/mol. The lowest BCUT2D eigenvalue weighted by atomic mass is 10.0. The molecular formula is C12H13N3. The first-order valence-corrected chi connectivity index (χ1v) is 4.85. The summed E-state index contributed by atoms with van der Waals surface area (Å²) in [5, 5.41) is 0. The average molecular weight is 199 g/mol. The van der Waals surface area contributed by atoms with Crippen LogP contribution in [0.1, 0.15) is 22.9 Å². The average Bonchev–Trinajstić information content (AvgIpc) is 2.29. The van der Waals surface area contributed by atoms with E-state index in [0.29, 0.717) is 0 Å². The second-order valence-corrected chi connectivity index (χ2v) is 3.53. The van der Waals surface area contributed by atoms with E-state index < -0.39 is 0 Å². The molecule has 2 rings (SSSR count). The number of aryl methyl sites for hydroxylation is 1. The van der Waals surface area contributed by atoms with Crippen LogP contribution in [-0.2, 0) is 0 Å². The number of hydrogen-bond donors (Lipinski definition) is 1. The van der Waals surface area contributed by atoms with E-state index in [1.54, 1.807) is 6.20 Å². The summed E-state index contributed by atoms with van der Waals surface area (Å²) in [6, 6.07) is 9.81. The number of rotatable bonds is 2. The second kappa shape index (κ2) is 4.19. The maximum Gasteiger partial charge on any atom is 0.115 e. The van der Waals surface area contributed by atoms with Gasteiger partial charge in [0.1, 0.15) is 6.33 Å². The van der Waals surface area contributed by atoms with Gasteiger partial charge in [-0.05, 0) is 18.6 Å².